The van der Waals surface area contributed by atoms with Crippen LogP contribution in [0, 0.1) is 17.8 Å². The average molecular weight is 354 g/mol. The fraction of sp³-hybridized carbons (Fsp3) is 0.571. The zero-order chi connectivity index (χ0) is 18.3. The molecule has 1 aromatic carbocycles. The summed E-state index contributed by atoms with van der Waals surface area (Å²) in [6, 6.07) is 7.57. The minimum absolute atomic E-state index is 0.140. The van der Waals surface area contributed by atoms with E-state index in [1.165, 1.54) is 25.7 Å². The second-order valence-corrected chi connectivity index (χ2v) is 8.02. The van der Waals surface area contributed by atoms with Gasteiger partial charge in [-0.1, -0.05) is 31.9 Å². The number of fused-ring (bicyclic) bond motifs is 1. The van der Waals surface area contributed by atoms with Crippen LogP contribution >= 0.6 is 0 Å². The molecule has 3 aliphatic rings. The molecule has 0 radical (unpaired) electrons. The lowest BCUT2D eigenvalue weighted by atomic mass is 9.72. The maximum absolute atomic E-state index is 12.5. The van der Waals surface area contributed by atoms with Crippen LogP contribution in [0.25, 0.3) is 0 Å². The summed E-state index contributed by atoms with van der Waals surface area (Å²) in [6.07, 6.45) is 6.42. The van der Waals surface area contributed by atoms with Gasteiger partial charge in [-0.25, -0.2) is 0 Å². The fourth-order valence-corrected chi connectivity index (χ4v) is 5.05. The first-order valence-electron chi connectivity index (χ1n) is 9.81. The summed E-state index contributed by atoms with van der Waals surface area (Å²) in [5.41, 5.74) is 1.03. The van der Waals surface area contributed by atoms with Crippen molar-refractivity contribution in [2.24, 2.45) is 17.8 Å². The Morgan fingerprint density at radius 2 is 1.81 bits per heavy atom. The maximum atomic E-state index is 12.5. The van der Waals surface area contributed by atoms with Gasteiger partial charge in [0.1, 0.15) is 0 Å². The van der Waals surface area contributed by atoms with Crippen LogP contribution in [0.4, 0.5) is 5.69 Å². The molecular formula is C21H26N2O3. The number of amides is 3. The van der Waals surface area contributed by atoms with Crippen LogP contribution in [0.15, 0.2) is 24.3 Å². The molecule has 1 saturated heterocycles. The number of carbonyl (C=O) groups is 3. The molecule has 0 bridgehead atoms. The summed E-state index contributed by atoms with van der Waals surface area (Å²) in [5.74, 6) is 1.10. The number of rotatable bonds is 4. The highest BCUT2D eigenvalue weighted by atomic mass is 16.2. The van der Waals surface area contributed by atoms with E-state index in [4.69, 9.17) is 0 Å². The van der Waals surface area contributed by atoms with E-state index in [0.717, 1.165) is 11.3 Å². The quantitative estimate of drug-likeness (QED) is 0.816. The molecule has 0 spiro atoms. The Kier molecular flexibility index (Phi) is 4.33. The lowest BCUT2D eigenvalue weighted by Gasteiger charge is -2.35. The Balaban J connectivity index is 1.45. The van der Waals surface area contributed by atoms with E-state index in [0.29, 0.717) is 31.1 Å². The zero-order valence-electron chi connectivity index (χ0n) is 15.2. The smallest absolute Gasteiger partial charge is 0.237 e. The highest BCUT2D eigenvalue weighted by Gasteiger charge is 2.54. The Morgan fingerprint density at radius 1 is 1.15 bits per heavy atom. The number of benzene rings is 1. The average Bonchev–Trinajstić information content (AvgIpc) is 3.38. The van der Waals surface area contributed by atoms with Gasteiger partial charge in [0.2, 0.25) is 17.7 Å². The second kappa shape index (κ2) is 6.53. The van der Waals surface area contributed by atoms with Gasteiger partial charge < -0.3 is 5.32 Å². The highest BCUT2D eigenvalue weighted by molar-refractivity contribution is 6.03. The van der Waals surface area contributed by atoms with Gasteiger partial charge in [-0.15, -0.1) is 0 Å². The topological polar surface area (TPSA) is 75.3 Å². The van der Waals surface area contributed by atoms with Gasteiger partial charge in [0, 0.05) is 18.0 Å². The summed E-state index contributed by atoms with van der Waals surface area (Å²) in [7, 11) is 0. The minimum Gasteiger partial charge on any atom is -0.326 e. The first kappa shape index (κ1) is 17.3. The summed E-state index contributed by atoms with van der Waals surface area (Å²) < 4.78 is 0. The van der Waals surface area contributed by atoms with Crippen molar-refractivity contribution in [1.29, 1.82) is 0 Å². The SMILES string of the molecule is CCC1(c2ccc(NC(=O)C3C4CCCCC43)cc2)CCC(=O)NC1=O. The number of imide groups is 1. The lowest BCUT2D eigenvalue weighted by Crippen LogP contribution is -2.51. The van der Waals surface area contributed by atoms with E-state index in [1.54, 1.807) is 0 Å². The summed E-state index contributed by atoms with van der Waals surface area (Å²) in [4.78, 5) is 36.5. The van der Waals surface area contributed by atoms with E-state index >= 15 is 0 Å². The highest BCUT2D eigenvalue weighted by Crippen LogP contribution is 2.55. The Hall–Kier alpha value is -2.17. The van der Waals surface area contributed by atoms with Crippen LogP contribution < -0.4 is 10.6 Å². The minimum atomic E-state index is -0.651. The predicted octanol–water partition coefficient (Wildman–Crippen LogP) is 3.15. The first-order valence-corrected chi connectivity index (χ1v) is 9.81. The Morgan fingerprint density at radius 3 is 2.38 bits per heavy atom. The van der Waals surface area contributed by atoms with Crippen molar-refractivity contribution in [3.05, 3.63) is 29.8 Å². The standard InChI is InChI=1S/C21H26N2O3/c1-2-21(12-11-17(24)23-20(21)26)13-7-9-14(10-8-13)22-19(25)18-15-5-3-4-6-16(15)18/h7-10,15-16,18H,2-6,11-12H2,1H3,(H,22,25)(H,23,24,26). The molecule has 1 aliphatic heterocycles. The molecular weight excluding hydrogens is 328 g/mol. The van der Waals surface area contributed by atoms with Gasteiger partial charge in [-0.3, -0.25) is 19.7 Å². The predicted molar refractivity (Wildman–Crippen MR) is 98.4 cm³/mol. The Labute approximate surface area is 153 Å². The normalized spacial score (nSPS) is 33.2. The number of carbonyl (C=O) groups excluding carboxylic acids is 3. The molecule has 1 aromatic rings. The van der Waals surface area contributed by atoms with Gasteiger partial charge in [0.05, 0.1) is 5.41 Å². The van der Waals surface area contributed by atoms with Crippen molar-refractivity contribution in [3.63, 3.8) is 0 Å². The van der Waals surface area contributed by atoms with Crippen LogP contribution in [0.1, 0.15) is 57.4 Å². The molecule has 5 heteroatoms. The molecule has 2 N–H and O–H groups in total. The molecule has 0 aromatic heterocycles. The van der Waals surface area contributed by atoms with E-state index in [9.17, 15) is 14.4 Å². The van der Waals surface area contributed by atoms with Gasteiger partial charge in [0.25, 0.3) is 0 Å². The van der Waals surface area contributed by atoms with Crippen molar-refractivity contribution in [2.75, 3.05) is 5.32 Å². The summed E-state index contributed by atoms with van der Waals surface area (Å²) >= 11 is 0. The van der Waals surface area contributed by atoms with Crippen LogP contribution in [0.5, 0.6) is 0 Å². The molecule has 3 atom stereocenters. The van der Waals surface area contributed by atoms with Crippen LogP contribution in [0.3, 0.4) is 0 Å². The van der Waals surface area contributed by atoms with Gasteiger partial charge in [-0.05, 0) is 55.2 Å². The number of hydrogen-bond donors (Lipinski definition) is 2. The van der Waals surface area contributed by atoms with Gasteiger partial charge in [0.15, 0.2) is 0 Å². The van der Waals surface area contributed by atoms with Crippen LogP contribution in [-0.2, 0) is 19.8 Å². The van der Waals surface area contributed by atoms with E-state index in [1.807, 2.05) is 31.2 Å². The number of hydrogen-bond acceptors (Lipinski definition) is 3. The molecule has 138 valence electrons. The monoisotopic (exact) mass is 354 g/mol. The third kappa shape index (κ3) is 2.83. The summed E-state index contributed by atoms with van der Waals surface area (Å²) in [5, 5.41) is 5.52. The van der Waals surface area contributed by atoms with E-state index < -0.39 is 5.41 Å². The number of nitrogens with one attached hydrogen (secondary N) is 2. The van der Waals surface area contributed by atoms with Crippen molar-refractivity contribution < 1.29 is 14.4 Å². The van der Waals surface area contributed by atoms with E-state index in [-0.39, 0.29) is 23.6 Å². The molecule has 3 fully saturated rings. The Bertz CT molecular complexity index is 730. The molecule has 1 heterocycles. The molecule has 2 saturated carbocycles. The number of piperidine rings is 1. The maximum Gasteiger partial charge on any atom is 0.237 e. The largest absolute Gasteiger partial charge is 0.326 e. The van der Waals surface area contributed by atoms with Crippen molar-refractivity contribution in [1.82, 2.24) is 5.32 Å². The molecule has 5 nitrogen and oxygen atoms in total. The first-order chi connectivity index (χ1) is 12.5. The van der Waals surface area contributed by atoms with Crippen LogP contribution in [-0.4, -0.2) is 17.7 Å². The second-order valence-electron chi connectivity index (χ2n) is 8.02. The third-order valence-corrected chi connectivity index (χ3v) is 6.73. The van der Waals surface area contributed by atoms with Crippen molar-refractivity contribution in [2.45, 2.75) is 57.3 Å². The van der Waals surface area contributed by atoms with Crippen molar-refractivity contribution >= 4 is 23.4 Å². The van der Waals surface area contributed by atoms with Crippen LogP contribution in [0.2, 0.25) is 0 Å². The lowest BCUT2D eigenvalue weighted by molar-refractivity contribution is -0.138. The molecule has 3 amide bonds. The van der Waals surface area contributed by atoms with Crippen molar-refractivity contribution in [3.8, 4) is 0 Å². The molecule has 3 unspecified atom stereocenters. The van der Waals surface area contributed by atoms with Gasteiger partial charge in [-0.2, -0.15) is 0 Å². The number of anilines is 1. The molecule has 26 heavy (non-hydrogen) atoms. The van der Waals surface area contributed by atoms with Gasteiger partial charge >= 0.3 is 0 Å². The molecule has 4 rings (SSSR count). The fourth-order valence-electron chi connectivity index (χ4n) is 5.05. The zero-order valence-corrected chi connectivity index (χ0v) is 15.2. The molecule has 2 aliphatic carbocycles. The third-order valence-electron chi connectivity index (χ3n) is 6.73. The van der Waals surface area contributed by atoms with E-state index in [2.05, 4.69) is 10.6 Å². The summed E-state index contributed by atoms with van der Waals surface area (Å²) in [6.45, 7) is 1.97.